The second-order valence-corrected chi connectivity index (χ2v) is 5.63. The highest BCUT2D eigenvalue weighted by atomic mass is 16.5. The molecule has 2 heterocycles. The van der Waals surface area contributed by atoms with Gasteiger partial charge < -0.3 is 9.26 Å². The maximum absolute atomic E-state index is 5.38. The first-order chi connectivity index (χ1) is 8.63. The molecule has 1 aliphatic heterocycles. The molecule has 1 aromatic heterocycles. The Kier molecular flexibility index (Phi) is 4.72. The topological polar surface area (TPSA) is 51.4 Å². The molecule has 1 aromatic rings. The summed E-state index contributed by atoms with van der Waals surface area (Å²) in [6.07, 6.45) is 2.02. The third-order valence-corrected chi connectivity index (χ3v) is 3.10. The first kappa shape index (κ1) is 13.5. The molecule has 2 rings (SSSR count). The van der Waals surface area contributed by atoms with Gasteiger partial charge in [0.25, 0.3) is 0 Å². The van der Waals surface area contributed by atoms with E-state index in [9.17, 15) is 0 Å². The van der Waals surface area contributed by atoms with Gasteiger partial charge in [0.15, 0.2) is 5.82 Å². The molecule has 18 heavy (non-hydrogen) atoms. The lowest BCUT2D eigenvalue weighted by molar-refractivity contribution is 0.172. The van der Waals surface area contributed by atoms with Gasteiger partial charge in [0.2, 0.25) is 5.89 Å². The predicted octanol–water partition coefficient (Wildman–Crippen LogP) is 1.74. The zero-order valence-electron chi connectivity index (χ0n) is 11.6. The minimum absolute atomic E-state index is 0.548. The Morgan fingerprint density at radius 3 is 2.94 bits per heavy atom. The molecule has 5 nitrogen and oxygen atoms in total. The van der Waals surface area contributed by atoms with Crippen LogP contribution in [0.15, 0.2) is 4.52 Å². The highest BCUT2D eigenvalue weighted by Gasteiger charge is 2.18. The van der Waals surface area contributed by atoms with E-state index in [4.69, 9.17) is 9.26 Å². The van der Waals surface area contributed by atoms with E-state index in [0.29, 0.717) is 11.8 Å². The SMILES string of the molecule is CC(C)Cc1nc(CN(C)C[C@H]2CCOC2)no1. The number of nitrogens with zero attached hydrogens (tertiary/aromatic N) is 3. The summed E-state index contributed by atoms with van der Waals surface area (Å²) in [4.78, 5) is 6.65. The number of hydrogen-bond donors (Lipinski definition) is 0. The second kappa shape index (κ2) is 6.29. The molecule has 1 saturated heterocycles. The van der Waals surface area contributed by atoms with Crippen molar-refractivity contribution >= 4 is 0 Å². The molecule has 1 atom stereocenters. The molecule has 0 radical (unpaired) electrons. The average Bonchev–Trinajstić information content (AvgIpc) is 2.89. The van der Waals surface area contributed by atoms with Gasteiger partial charge in [-0.3, -0.25) is 4.90 Å². The van der Waals surface area contributed by atoms with Gasteiger partial charge >= 0.3 is 0 Å². The van der Waals surface area contributed by atoms with Gasteiger partial charge in [-0.05, 0) is 25.3 Å². The summed E-state index contributed by atoms with van der Waals surface area (Å²) in [6, 6.07) is 0. The summed E-state index contributed by atoms with van der Waals surface area (Å²) in [7, 11) is 2.09. The van der Waals surface area contributed by atoms with Crippen molar-refractivity contribution in [2.45, 2.75) is 33.2 Å². The van der Waals surface area contributed by atoms with Crippen molar-refractivity contribution in [3.05, 3.63) is 11.7 Å². The van der Waals surface area contributed by atoms with Crippen LogP contribution in [0.5, 0.6) is 0 Å². The van der Waals surface area contributed by atoms with Gasteiger partial charge in [-0.25, -0.2) is 0 Å². The monoisotopic (exact) mass is 253 g/mol. The first-order valence-electron chi connectivity index (χ1n) is 6.71. The van der Waals surface area contributed by atoms with Crippen molar-refractivity contribution in [3.8, 4) is 0 Å². The fourth-order valence-electron chi connectivity index (χ4n) is 2.26. The third kappa shape index (κ3) is 4.07. The molecule has 0 aliphatic carbocycles. The van der Waals surface area contributed by atoms with E-state index in [-0.39, 0.29) is 0 Å². The van der Waals surface area contributed by atoms with Gasteiger partial charge in [0, 0.05) is 19.6 Å². The maximum atomic E-state index is 5.38. The third-order valence-electron chi connectivity index (χ3n) is 3.10. The highest BCUT2D eigenvalue weighted by molar-refractivity contribution is 4.87. The van der Waals surface area contributed by atoms with Crippen LogP contribution >= 0.6 is 0 Å². The van der Waals surface area contributed by atoms with E-state index in [1.54, 1.807) is 0 Å². The van der Waals surface area contributed by atoms with Gasteiger partial charge in [-0.2, -0.15) is 4.98 Å². The van der Waals surface area contributed by atoms with Crippen LogP contribution in [-0.4, -0.2) is 41.8 Å². The quantitative estimate of drug-likeness (QED) is 0.773. The van der Waals surface area contributed by atoms with Crippen LogP contribution in [0.1, 0.15) is 32.0 Å². The van der Waals surface area contributed by atoms with Crippen LogP contribution in [0.3, 0.4) is 0 Å². The molecule has 0 spiro atoms. The summed E-state index contributed by atoms with van der Waals surface area (Å²) in [5.74, 6) is 2.73. The second-order valence-electron chi connectivity index (χ2n) is 5.63. The molecule has 5 heteroatoms. The molecule has 0 aromatic carbocycles. The summed E-state index contributed by atoms with van der Waals surface area (Å²) in [5, 5.41) is 4.02. The van der Waals surface area contributed by atoms with Crippen LogP contribution < -0.4 is 0 Å². The van der Waals surface area contributed by atoms with Crippen LogP contribution in [0.4, 0.5) is 0 Å². The largest absolute Gasteiger partial charge is 0.381 e. The zero-order valence-corrected chi connectivity index (χ0v) is 11.6. The molecule has 0 N–H and O–H groups in total. The van der Waals surface area contributed by atoms with Gasteiger partial charge in [-0.15, -0.1) is 0 Å². The summed E-state index contributed by atoms with van der Waals surface area (Å²) in [5.41, 5.74) is 0. The zero-order chi connectivity index (χ0) is 13.0. The van der Waals surface area contributed by atoms with Crippen LogP contribution in [0.25, 0.3) is 0 Å². The molecular formula is C13H23N3O2. The van der Waals surface area contributed by atoms with Crippen LogP contribution in [0.2, 0.25) is 0 Å². The van der Waals surface area contributed by atoms with E-state index < -0.39 is 0 Å². The maximum Gasteiger partial charge on any atom is 0.226 e. The number of hydrogen-bond acceptors (Lipinski definition) is 5. The van der Waals surface area contributed by atoms with Gasteiger partial charge in [0.1, 0.15) is 0 Å². The molecule has 1 fully saturated rings. The van der Waals surface area contributed by atoms with E-state index in [2.05, 4.69) is 35.9 Å². The molecule has 102 valence electrons. The van der Waals surface area contributed by atoms with Crippen molar-refractivity contribution in [3.63, 3.8) is 0 Å². The summed E-state index contributed by atoms with van der Waals surface area (Å²) in [6.45, 7) is 7.87. The number of aromatic nitrogens is 2. The van der Waals surface area contributed by atoms with E-state index in [1.165, 1.54) is 0 Å². The Morgan fingerprint density at radius 1 is 1.44 bits per heavy atom. The summed E-state index contributed by atoms with van der Waals surface area (Å²) >= 11 is 0. The van der Waals surface area contributed by atoms with Crippen molar-refractivity contribution in [2.24, 2.45) is 11.8 Å². The molecule has 0 unspecified atom stereocenters. The van der Waals surface area contributed by atoms with Crippen LogP contribution in [0, 0.1) is 11.8 Å². The Labute approximate surface area is 108 Å². The number of ether oxygens (including phenoxy) is 1. The van der Waals surface area contributed by atoms with E-state index in [0.717, 1.165) is 50.9 Å². The molecular weight excluding hydrogens is 230 g/mol. The fourth-order valence-corrected chi connectivity index (χ4v) is 2.26. The lowest BCUT2D eigenvalue weighted by Crippen LogP contribution is -2.26. The lowest BCUT2D eigenvalue weighted by Gasteiger charge is -2.17. The van der Waals surface area contributed by atoms with Crippen molar-refractivity contribution in [1.29, 1.82) is 0 Å². The predicted molar refractivity (Wildman–Crippen MR) is 68.1 cm³/mol. The highest BCUT2D eigenvalue weighted by Crippen LogP contribution is 2.14. The van der Waals surface area contributed by atoms with Gasteiger partial charge in [0.05, 0.1) is 13.2 Å². The van der Waals surface area contributed by atoms with Gasteiger partial charge in [-0.1, -0.05) is 19.0 Å². The van der Waals surface area contributed by atoms with Crippen molar-refractivity contribution < 1.29 is 9.26 Å². The standard InChI is InChI=1S/C13H23N3O2/c1-10(2)6-13-14-12(15-18-13)8-16(3)7-11-4-5-17-9-11/h10-11H,4-9H2,1-3H3/t11-/m1/s1. The van der Waals surface area contributed by atoms with Crippen molar-refractivity contribution in [2.75, 3.05) is 26.8 Å². The molecule has 1 aliphatic rings. The van der Waals surface area contributed by atoms with Crippen LogP contribution in [-0.2, 0) is 17.7 Å². The molecule has 0 amide bonds. The lowest BCUT2D eigenvalue weighted by atomic mass is 10.1. The smallest absolute Gasteiger partial charge is 0.226 e. The first-order valence-corrected chi connectivity index (χ1v) is 6.71. The number of rotatable bonds is 6. The minimum atomic E-state index is 0.548. The van der Waals surface area contributed by atoms with E-state index in [1.807, 2.05) is 0 Å². The Bertz CT molecular complexity index is 359. The minimum Gasteiger partial charge on any atom is -0.381 e. The summed E-state index contributed by atoms with van der Waals surface area (Å²) < 4.78 is 10.6. The Balaban J connectivity index is 1.79. The van der Waals surface area contributed by atoms with Crippen molar-refractivity contribution in [1.82, 2.24) is 15.0 Å². The Hall–Kier alpha value is -0.940. The fraction of sp³-hybridized carbons (Fsp3) is 0.846. The molecule has 0 saturated carbocycles. The Morgan fingerprint density at radius 2 is 2.28 bits per heavy atom. The van der Waals surface area contributed by atoms with E-state index >= 15 is 0 Å². The average molecular weight is 253 g/mol. The molecule has 0 bridgehead atoms. The normalized spacial score (nSPS) is 20.2.